The zero-order valence-electron chi connectivity index (χ0n) is 23.5. The SMILES string of the molecule is CCCCCCCCCCC(CCCCC(=O)SCCCCCC)[Si](OCC)(OCC)OCC. The van der Waals surface area contributed by atoms with Gasteiger partial charge in [-0.3, -0.25) is 4.79 Å². The summed E-state index contributed by atoms with van der Waals surface area (Å²) in [6.45, 7) is 12.5. The van der Waals surface area contributed by atoms with Gasteiger partial charge in [0.1, 0.15) is 0 Å². The second-order valence-electron chi connectivity index (χ2n) is 9.39. The van der Waals surface area contributed by atoms with Crippen molar-refractivity contribution in [2.75, 3.05) is 25.6 Å². The summed E-state index contributed by atoms with van der Waals surface area (Å²) in [5.74, 6) is 0.981. The van der Waals surface area contributed by atoms with Crippen LogP contribution >= 0.6 is 11.8 Å². The van der Waals surface area contributed by atoms with Gasteiger partial charge in [-0.2, -0.15) is 0 Å². The lowest BCUT2D eigenvalue weighted by Crippen LogP contribution is -2.50. The third-order valence-corrected chi connectivity index (χ3v) is 11.1. The maximum absolute atomic E-state index is 12.3. The molecule has 4 nitrogen and oxygen atoms in total. The number of carbonyl (C=O) groups excluding carboxylic acids is 1. The van der Waals surface area contributed by atoms with E-state index >= 15 is 0 Å². The van der Waals surface area contributed by atoms with E-state index < -0.39 is 8.80 Å². The molecule has 204 valence electrons. The molecule has 0 saturated carbocycles. The normalized spacial score (nSPS) is 12.9. The summed E-state index contributed by atoms with van der Waals surface area (Å²) in [5.41, 5.74) is 0.337. The number of carbonyl (C=O) groups is 1. The highest BCUT2D eigenvalue weighted by atomic mass is 32.2. The summed E-state index contributed by atoms with van der Waals surface area (Å²) in [6.07, 6.45) is 20.4. The first-order chi connectivity index (χ1) is 16.6. The second kappa shape index (κ2) is 24.8. The molecule has 0 aromatic carbocycles. The Morgan fingerprint density at radius 2 is 1.06 bits per heavy atom. The molecule has 1 unspecified atom stereocenters. The molecule has 0 heterocycles. The van der Waals surface area contributed by atoms with Gasteiger partial charge in [-0.05, 0) is 46.5 Å². The van der Waals surface area contributed by atoms with E-state index in [4.69, 9.17) is 13.3 Å². The molecule has 0 aromatic heterocycles. The molecule has 0 amide bonds. The molecule has 0 N–H and O–H groups in total. The zero-order valence-corrected chi connectivity index (χ0v) is 25.3. The molecule has 0 spiro atoms. The molecule has 0 aliphatic heterocycles. The fourth-order valence-corrected chi connectivity index (χ4v) is 8.70. The Hall–Kier alpha value is 0.117. The first-order valence-corrected chi connectivity index (χ1v) is 17.5. The third-order valence-electron chi connectivity index (χ3n) is 6.39. The van der Waals surface area contributed by atoms with Crippen LogP contribution in [0.25, 0.3) is 0 Å². The van der Waals surface area contributed by atoms with Crippen LogP contribution in [0.4, 0.5) is 0 Å². The van der Waals surface area contributed by atoms with E-state index in [1.165, 1.54) is 82.4 Å². The molecule has 0 rings (SSSR count). The molecule has 0 bridgehead atoms. The quantitative estimate of drug-likeness (QED) is 0.0843. The molecule has 0 aliphatic rings. The van der Waals surface area contributed by atoms with Crippen LogP contribution in [0.5, 0.6) is 0 Å². The summed E-state index contributed by atoms with van der Waals surface area (Å²) >= 11 is 1.54. The third kappa shape index (κ3) is 17.5. The van der Waals surface area contributed by atoms with Gasteiger partial charge in [0.2, 0.25) is 0 Å². The molecule has 1 atom stereocenters. The summed E-state index contributed by atoms with van der Waals surface area (Å²) < 4.78 is 18.8. The molecule has 34 heavy (non-hydrogen) atoms. The minimum absolute atomic E-state index is 0.337. The van der Waals surface area contributed by atoms with Crippen LogP contribution in [0, 0.1) is 0 Å². The van der Waals surface area contributed by atoms with Crippen LogP contribution in [0.1, 0.15) is 144 Å². The van der Waals surface area contributed by atoms with E-state index in [0.717, 1.165) is 37.9 Å². The van der Waals surface area contributed by atoms with Crippen molar-refractivity contribution in [1.29, 1.82) is 0 Å². The highest BCUT2D eigenvalue weighted by Gasteiger charge is 2.48. The van der Waals surface area contributed by atoms with Crippen LogP contribution in [-0.4, -0.2) is 39.5 Å². The van der Waals surface area contributed by atoms with E-state index in [-0.39, 0.29) is 0 Å². The lowest BCUT2D eigenvalue weighted by molar-refractivity contribution is -0.111. The van der Waals surface area contributed by atoms with Crippen molar-refractivity contribution in [3.05, 3.63) is 0 Å². The highest BCUT2D eigenvalue weighted by molar-refractivity contribution is 8.13. The van der Waals surface area contributed by atoms with E-state index in [9.17, 15) is 4.79 Å². The molecule has 0 saturated heterocycles. The fourth-order valence-electron chi connectivity index (χ4n) is 4.55. The second-order valence-corrected chi connectivity index (χ2v) is 13.4. The number of unbranched alkanes of at least 4 members (excludes halogenated alkanes) is 11. The van der Waals surface area contributed by atoms with Crippen molar-refractivity contribution in [2.24, 2.45) is 0 Å². The zero-order chi connectivity index (χ0) is 25.3. The smallest absolute Gasteiger partial charge is 0.374 e. The van der Waals surface area contributed by atoms with Gasteiger partial charge in [0.25, 0.3) is 0 Å². The average Bonchev–Trinajstić information content (AvgIpc) is 2.82. The molecular formula is C28H58O4SSi. The van der Waals surface area contributed by atoms with Crippen LogP contribution in [0.3, 0.4) is 0 Å². The van der Waals surface area contributed by atoms with Gasteiger partial charge in [0, 0.05) is 37.5 Å². The molecule has 0 aliphatic carbocycles. The lowest BCUT2D eigenvalue weighted by atomic mass is 10.0. The Morgan fingerprint density at radius 3 is 1.56 bits per heavy atom. The molecule has 0 fully saturated rings. The van der Waals surface area contributed by atoms with Gasteiger partial charge in [0.15, 0.2) is 5.12 Å². The molecule has 6 heteroatoms. The van der Waals surface area contributed by atoms with E-state index in [1.54, 1.807) is 0 Å². The number of hydrogen-bond acceptors (Lipinski definition) is 5. The number of rotatable bonds is 26. The minimum Gasteiger partial charge on any atom is -0.374 e. The van der Waals surface area contributed by atoms with Gasteiger partial charge < -0.3 is 13.3 Å². The Balaban J connectivity index is 4.64. The predicted octanol–water partition coefficient (Wildman–Crippen LogP) is 9.34. The van der Waals surface area contributed by atoms with Crippen molar-refractivity contribution in [3.8, 4) is 0 Å². The van der Waals surface area contributed by atoms with E-state index in [0.29, 0.717) is 36.9 Å². The minimum atomic E-state index is -2.71. The van der Waals surface area contributed by atoms with Crippen molar-refractivity contribution in [1.82, 2.24) is 0 Å². The first kappa shape index (κ1) is 34.1. The van der Waals surface area contributed by atoms with Gasteiger partial charge in [-0.25, -0.2) is 0 Å². The lowest BCUT2D eigenvalue weighted by Gasteiger charge is -2.35. The summed E-state index contributed by atoms with van der Waals surface area (Å²) in [5, 5.41) is 0.360. The topological polar surface area (TPSA) is 44.8 Å². The monoisotopic (exact) mass is 518 g/mol. The van der Waals surface area contributed by atoms with Crippen LogP contribution in [0.2, 0.25) is 5.54 Å². The van der Waals surface area contributed by atoms with E-state index in [2.05, 4.69) is 13.8 Å². The number of hydrogen-bond donors (Lipinski definition) is 0. The fraction of sp³-hybridized carbons (Fsp3) is 0.964. The van der Waals surface area contributed by atoms with Crippen LogP contribution in [0.15, 0.2) is 0 Å². The van der Waals surface area contributed by atoms with Gasteiger partial charge in [-0.1, -0.05) is 103 Å². The molecular weight excluding hydrogens is 460 g/mol. The molecule has 0 radical (unpaired) electrons. The summed E-state index contributed by atoms with van der Waals surface area (Å²) in [7, 11) is -2.71. The van der Waals surface area contributed by atoms with E-state index in [1.807, 2.05) is 20.8 Å². The van der Waals surface area contributed by atoms with Crippen molar-refractivity contribution >= 4 is 25.7 Å². The predicted molar refractivity (Wildman–Crippen MR) is 152 cm³/mol. The average molecular weight is 519 g/mol. The summed E-state index contributed by atoms with van der Waals surface area (Å²) in [4.78, 5) is 12.3. The largest absolute Gasteiger partial charge is 0.504 e. The number of thioether (sulfide) groups is 1. The highest BCUT2D eigenvalue weighted by Crippen LogP contribution is 2.36. The van der Waals surface area contributed by atoms with Gasteiger partial charge in [0.05, 0.1) is 0 Å². The van der Waals surface area contributed by atoms with Crippen LogP contribution < -0.4 is 0 Å². The van der Waals surface area contributed by atoms with Crippen molar-refractivity contribution in [3.63, 3.8) is 0 Å². The molecule has 0 aromatic rings. The maximum atomic E-state index is 12.3. The Kier molecular flexibility index (Phi) is 24.9. The summed E-state index contributed by atoms with van der Waals surface area (Å²) in [6, 6.07) is 0. The van der Waals surface area contributed by atoms with Crippen molar-refractivity contribution in [2.45, 2.75) is 149 Å². The Bertz CT molecular complexity index is 433. The Morgan fingerprint density at radius 1 is 0.618 bits per heavy atom. The standard InChI is InChI=1S/C28H58O4SSi/c1-6-11-13-15-16-17-18-19-23-27(34(30-8-3,31-9-4)32-10-5)24-20-21-25-28(29)33-26-22-14-12-7-2/h27H,6-26H2,1-5H3. The van der Waals surface area contributed by atoms with Crippen molar-refractivity contribution < 1.29 is 18.1 Å². The van der Waals surface area contributed by atoms with Crippen LogP contribution in [-0.2, 0) is 18.1 Å². The van der Waals surface area contributed by atoms with Gasteiger partial charge in [-0.15, -0.1) is 0 Å². The van der Waals surface area contributed by atoms with Gasteiger partial charge >= 0.3 is 8.80 Å². The first-order valence-electron chi connectivity index (χ1n) is 14.7. The maximum Gasteiger partial charge on any atom is 0.504 e. The Labute approximate surface area is 218 Å².